The molecule has 3 heteroatoms. The van der Waals surface area contributed by atoms with Crippen molar-refractivity contribution in [1.29, 1.82) is 0 Å². The Kier molecular flexibility index (Phi) is 4.08. The second-order valence-corrected chi connectivity index (χ2v) is 6.23. The van der Waals surface area contributed by atoms with Gasteiger partial charge in [0, 0.05) is 17.1 Å². The van der Waals surface area contributed by atoms with Crippen LogP contribution in [0.2, 0.25) is 0 Å². The van der Waals surface area contributed by atoms with Crippen LogP contribution >= 0.6 is 15.9 Å². The number of halogens is 1. The molecule has 0 bridgehead atoms. The quantitative estimate of drug-likeness (QED) is 0.849. The van der Waals surface area contributed by atoms with Crippen molar-refractivity contribution < 1.29 is 4.74 Å². The lowest BCUT2D eigenvalue weighted by atomic mass is 10.1. The van der Waals surface area contributed by atoms with Crippen LogP contribution in [0.3, 0.4) is 0 Å². The molecule has 0 spiro atoms. The van der Waals surface area contributed by atoms with Gasteiger partial charge in [-0.05, 0) is 61.2 Å². The van der Waals surface area contributed by atoms with Crippen LogP contribution in [-0.2, 0) is 6.54 Å². The highest BCUT2D eigenvalue weighted by molar-refractivity contribution is 9.10. The van der Waals surface area contributed by atoms with Gasteiger partial charge in [0.05, 0.1) is 0 Å². The van der Waals surface area contributed by atoms with Gasteiger partial charge in [0.15, 0.2) is 0 Å². The summed E-state index contributed by atoms with van der Waals surface area (Å²) in [7, 11) is 0. The molecule has 0 aliphatic heterocycles. The van der Waals surface area contributed by atoms with Gasteiger partial charge in [-0.2, -0.15) is 0 Å². The van der Waals surface area contributed by atoms with Crippen molar-refractivity contribution in [3.05, 3.63) is 58.1 Å². The van der Waals surface area contributed by atoms with Gasteiger partial charge in [0.1, 0.15) is 11.5 Å². The number of ether oxygens (including phenoxy) is 1. The van der Waals surface area contributed by atoms with Crippen LogP contribution in [0.15, 0.2) is 46.9 Å². The van der Waals surface area contributed by atoms with Gasteiger partial charge >= 0.3 is 0 Å². The fraction of sp³-hybridized carbons (Fsp3) is 0.294. The van der Waals surface area contributed by atoms with Gasteiger partial charge < -0.3 is 10.1 Å². The molecule has 0 amide bonds. The van der Waals surface area contributed by atoms with Crippen LogP contribution in [0.5, 0.6) is 11.5 Å². The van der Waals surface area contributed by atoms with Gasteiger partial charge in [0.25, 0.3) is 0 Å². The van der Waals surface area contributed by atoms with E-state index in [4.69, 9.17) is 4.74 Å². The minimum absolute atomic E-state index is 0.744. The SMILES string of the molecule is Cc1cc(CNC2CC2)ccc1Oc1ccc(Br)cc1. The largest absolute Gasteiger partial charge is 0.457 e. The first-order valence-electron chi connectivity index (χ1n) is 6.97. The number of rotatable bonds is 5. The van der Waals surface area contributed by atoms with E-state index in [9.17, 15) is 0 Å². The summed E-state index contributed by atoms with van der Waals surface area (Å²) in [4.78, 5) is 0. The first-order valence-corrected chi connectivity index (χ1v) is 7.76. The maximum absolute atomic E-state index is 5.92. The van der Waals surface area contributed by atoms with Crippen molar-refractivity contribution in [1.82, 2.24) is 5.32 Å². The van der Waals surface area contributed by atoms with Crippen molar-refractivity contribution >= 4 is 15.9 Å². The Hall–Kier alpha value is -1.32. The van der Waals surface area contributed by atoms with Crippen molar-refractivity contribution in [2.24, 2.45) is 0 Å². The Morgan fingerprint density at radius 1 is 1.15 bits per heavy atom. The predicted octanol–water partition coefficient (Wildman–Crippen LogP) is 4.80. The summed E-state index contributed by atoms with van der Waals surface area (Å²) in [5.74, 6) is 1.78. The van der Waals surface area contributed by atoms with E-state index in [1.54, 1.807) is 0 Å². The zero-order chi connectivity index (χ0) is 13.9. The molecule has 0 unspecified atom stereocenters. The van der Waals surface area contributed by atoms with E-state index in [1.807, 2.05) is 24.3 Å². The molecule has 1 aliphatic rings. The lowest BCUT2D eigenvalue weighted by Gasteiger charge is -2.11. The third-order valence-electron chi connectivity index (χ3n) is 3.45. The Labute approximate surface area is 128 Å². The molecule has 2 nitrogen and oxygen atoms in total. The topological polar surface area (TPSA) is 21.3 Å². The van der Waals surface area contributed by atoms with E-state index in [-0.39, 0.29) is 0 Å². The Bertz CT molecular complexity index is 590. The minimum atomic E-state index is 0.744. The van der Waals surface area contributed by atoms with Crippen molar-refractivity contribution in [2.45, 2.75) is 32.4 Å². The molecule has 2 aromatic rings. The molecular formula is C17H18BrNO. The summed E-state index contributed by atoms with van der Waals surface area (Å²) in [6.45, 7) is 3.04. The molecule has 0 radical (unpaired) electrons. The molecule has 3 rings (SSSR count). The molecule has 1 fully saturated rings. The highest BCUT2D eigenvalue weighted by Gasteiger charge is 2.19. The summed E-state index contributed by atoms with van der Waals surface area (Å²) >= 11 is 3.43. The first kappa shape index (κ1) is 13.7. The predicted molar refractivity (Wildman–Crippen MR) is 85.3 cm³/mol. The molecular weight excluding hydrogens is 314 g/mol. The van der Waals surface area contributed by atoms with E-state index in [0.29, 0.717) is 0 Å². The van der Waals surface area contributed by atoms with Gasteiger partial charge in [-0.1, -0.05) is 28.1 Å². The highest BCUT2D eigenvalue weighted by atomic mass is 79.9. The van der Waals surface area contributed by atoms with Crippen LogP contribution in [0.4, 0.5) is 0 Å². The summed E-state index contributed by atoms with van der Waals surface area (Å²) in [5.41, 5.74) is 2.49. The van der Waals surface area contributed by atoms with E-state index >= 15 is 0 Å². The zero-order valence-electron chi connectivity index (χ0n) is 11.5. The average molecular weight is 332 g/mol. The second-order valence-electron chi connectivity index (χ2n) is 5.31. The van der Waals surface area contributed by atoms with Crippen molar-refractivity contribution in [3.63, 3.8) is 0 Å². The summed E-state index contributed by atoms with van der Waals surface area (Å²) in [5, 5.41) is 3.53. The van der Waals surface area contributed by atoms with Gasteiger partial charge in [-0.3, -0.25) is 0 Å². The maximum atomic E-state index is 5.92. The standard InChI is InChI=1S/C17H18BrNO/c1-12-10-13(11-19-15-5-6-15)2-9-17(12)20-16-7-3-14(18)4-8-16/h2-4,7-10,15,19H,5-6,11H2,1H3. The average Bonchev–Trinajstić information content (AvgIpc) is 3.26. The van der Waals surface area contributed by atoms with Crippen molar-refractivity contribution in [2.75, 3.05) is 0 Å². The van der Waals surface area contributed by atoms with E-state index in [0.717, 1.165) is 28.6 Å². The van der Waals surface area contributed by atoms with E-state index in [2.05, 4.69) is 46.4 Å². The molecule has 1 N–H and O–H groups in total. The second kappa shape index (κ2) is 5.98. The van der Waals surface area contributed by atoms with Gasteiger partial charge in [0.2, 0.25) is 0 Å². The molecule has 2 aromatic carbocycles. The van der Waals surface area contributed by atoms with Crippen LogP contribution in [0, 0.1) is 6.92 Å². The summed E-state index contributed by atoms with van der Waals surface area (Å²) < 4.78 is 6.97. The molecule has 20 heavy (non-hydrogen) atoms. The lowest BCUT2D eigenvalue weighted by molar-refractivity contribution is 0.478. The molecule has 0 aromatic heterocycles. The van der Waals surface area contributed by atoms with Crippen LogP contribution in [-0.4, -0.2) is 6.04 Å². The van der Waals surface area contributed by atoms with E-state index < -0.39 is 0 Å². The molecule has 1 saturated carbocycles. The maximum Gasteiger partial charge on any atom is 0.130 e. The molecule has 0 atom stereocenters. The summed E-state index contributed by atoms with van der Waals surface area (Å²) in [6.07, 6.45) is 2.65. The minimum Gasteiger partial charge on any atom is -0.457 e. The zero-order valence-corrected chi connectivity index (χ0v) is 13.1. The number of hydrogen-bond acceptors (Lipinski definition) is 2. The normalized spacial score (nSPS) is 14.3. The number of nitrogens with one attached hydrogen (secondary N) is 1. The summed E-state index contributed by atoms with van der Waals surface area (Å²) in [6, 6.07) is 15.0. The molecule has 0 heterocycles. The molecule has 104 valence electrons. The van der Waals surface area contributed by atoms with Crippen LogP contribution < -0.4 is 10.1 Å². The number of aryl methyl sites for hydroxylation is 1. The Balaban J connectivity index is 1.68. The lowest BCUT2D eigenvalue weighted by Crippen LogP contribution is -2.15. The Morgan fingerprint density at radius 2 is 1.90 bits per heavy atom. The number of benzene rings is 2. The highest BCUT2D eigenvalue weighted by Crippen LogP contribution is 2.27. The first-order chi connectivity index (χ1) is 9.70. The van der Waals surface area contributed by atoms with Crippen molar-refractivity contribution in [3.8, 4) is 11.5 Å². The van der Waals surface area contributed by atoms with Gasteiger partial charge in [-0.15, -0.1) is 0 Å². The molecule has 1 aliphatic carbocycles. The number of hydrogen-bond donors (Lipinski definition) is 1. The monoisotopic (exact) mass is 331 g/mol. The van der Waals surface area contributed by atoms with Crippen LogP contribution in [0.25, 0.3) is 0 Å². The van der Waals surface area contributed by atoms with Crippen LogP contribution in [0.1, 0.15) is 24.0 Å². The smallest absolute Gasteiger partial charge is 0.130 e. The fourth-order valence-electron chi connectivity index (χ4n) is 2.12. The van der Waals surface area contributed by atoms with Gasteiger partial charge in [-0.25, -0.2) is 0 Å². The van der Waals surface area contributed by atoms with E-state index in [1.165, 1.54) is 24.0 Å². The fourth-order valence-corrected chi connectivity index (χ4v) is 2.38. The Morgan fingerprint density at radius 3 is 2.55 bits per heavy atom. The third kappa shape index (κ3) is 3.62. The third-order valence-corrected chi connectivity index (χ3v) is 3.98. The molecule has 0 saturated heterocycles.